The number of rotatable bonds is 7. The van der Waals surface area contributed by atoms with Crippen LogP contribution in [0.2, 0.25) is 0 Å². The van der Waals surface area contributed by atoms with Gasteiger partial charge in [-0.3, -0.25) is 0 Å². The summed E-state index contributed by atoms with van der Waals surface area (Å²) in [4.78, 5) is 3.74. The molecule has 0 saturated heterocycles. The lowest BCUT2D eigenvalue weighted by atomic mass is 9.92. The van der Waals surface area contributed by atoms with Crippen molar-refractivity contribution in [2.75, 3.05) is 10.2 Å². The third kappa shape index (κ3) is 6.07. The van der Waals surface area contributed by atoms with Gasteiger partial charge in [0.25, 0.3) is 0 Å². The highest BCUT2D eigenvalue weighted by molar-refractivity contribution is 8.00. The normalized spacial score (nSPS) is 15.0. The van der Waals surface area contributed by atoms with Crippen molar-refractivity contribution in [2.24, 2.45) is 0 Å². The van der Waals surface area contributed by atoms with E-state index in [2.05, 4.69) is 204 Å². The number of thioether (sulfide) groups is 1. The third-order valence-electron chi connectivity index (χ3n) is 10.8. The van der Waals surface area contributed by atoms with E-state index in [1.165, 1.54) is 76.8 Å². The lowest BCUT2D eigenvalue weighted by Gasteiger charge is -2.30. The van der Waals surface area contributed by atoms with E-state index in [0.717, 1.165) is 24.2 Å². The van der Waals surface area contributed by atoms with Crippen LogP contribution in [-0.4, -0.2) is 0 Å². The second kappa shape index (κ2) is 13.9. The van der Waals surface area contributed by atoms with Crippen LogP contribution >= 0.6 is 11.8 Å². The second-order valence-electron chi connectivity index (χ2n) is 14.1. The van der Waals surface area contributed by atoms with Gasteiger partial charge >= 0.3 is 0 Å². The maximum Gasteiger partial charge on any atom is 0.103 e. The second-order valence-corrected chi connectivity index (χ2v) is 15.2. The third-order valence-corrected chi connectivity index (χ3v) is 12.1. The highest BCUT2D eigenvalue weighted by Crippen LogP contribution is 2.51. The van der Waals surface area contributed by atoms with Crippen LogP contribution in [0, 0.1) is 0 Å². The SMILES string of the molecule is C1=C(c2ccc3c(ccc4ccc5c(c43)NC(c3ccccc3)S5)c2)CCC(N(c2ccc(-c3ccccc3)cc2)c2ccc(-c3ccccc3)cc2)=C1. The van der Waals surface area contributed by atoms with Crippen molar-refractivity contribution < 1.29 is 0 Å². The van der Waals surface area contributed by atoms with Gasteiger partial charge in [-0.05, 0) is 110 Å². The maximum absolute atomic E-state index is 3.87. The van der Waals surface area contributed by atoms with Crippen LogP contribution in [0.5, 0.6) is 0 Å². The fraction of sp³-hybridized carbons (Fsp3) is 0.0588. The Balaban J connectivity index is 0.984. The molecule has 1 atom stereocenters. The zero-order valence-electron chi connectivity index (χ0n) is 29.8. The van der Waals surface area contributed by atoms with Crippen molar-refractivity contribution in [2.45, 2.75) is 23.1 Å². The van der Waals surface area contributed by atoms with Crippen molar-refractivity contribution in [3.05, 3.63) is 211 Å². The molecule has 0 bridgehead atoms. The number of benzene rings is 8. The van der Waals surface area contributed by atoms with Crippen LogP contribution < -0.4 is 10.2 Å². The van der Waals surface area contributed by atoms with E-state index in [4.69, 9.17) is 0 Å². The lowest BCUT2D eigenvalue weighted by Crippen LogP contribution is -2.17. The predicted octanol–water partition coefficient (Wildman–Crippen LogP) is 14.4. The molecule has 1 N–H and O–H groups in total. The Labute approximate surface area is 321 Å². The summed E-state index contributed by atoms with van der Waals surface area (Å²) in [5, 5.41) is 9.25. The molecular formula is C51H38N2S. The summed E-state index contributed by atoms with van der Waals surface area (Å²) >= 11 is 1.91. The van der Waals surface area contributed by atoms with Crippen LogP contribution in [0.1, 0.15) is 29.3 Å². The van der Waals surface area contributed by atoms with E-state index in [9.17, 15) is 0 Å². The van der Waals surface area contributed by atoms with Crippen LogP contribution in [-0.2, 0) is 0 Å². The average molecular weight is 711 g/mol. The Morgan fingerprint density at radius 2 is 1.04 bits per heavy atom. The number of hydrogen-bond acceptors (Lipinski definition) is 3. The number of anilines is 3. The minimum atomic E-state index is 0.220. The molecular weight excluding hydrogens is 673 g/mol. The molecule has 1 aliphatic carbocycles. The first-order chi connectivity index (χ1) is 26.7. The monoisotopic (exact) mass is 710 g/mol. The zero-order valence-corrected chi connectivity index (χ0v) is 30.6. The fourth-order valence-corrected chi connectivity index (χ4v) is 9.19. The number of fused-ring (bicyclic) bond motifs is 5. The van der Waals surface area contributed by atoms with Gasteiger partial charge in [0, 0.05) is 27.4 Å². The summed E-state index contributed by atoms with van der Waals surface area (Å²) in [5.41, 5.74) is 13.7. The summed E-state index contributed by atoms with van der Waals surface area (Å²) in [7, 11) is 0. The molecule has 1 heterocycles. The molecule has 54 heavy (non-hydrogen) atoms. The van der Waals surface area contributed by atoms with Crippen molar-refractivity contribution in [1.29, 1.82) is 0 Å². The Morgan fingerprint density at radius 1 is 0.481 bits per heavy atom. The van der Waals surface area contributed by atoms with Gasteiger partial charge in [0.15, 0.2) is 0 Å². The topological polar surface area (TPSA) is 15.3 Å². The minimum Gasteiger partial charge on any atom is -0.368 e. The van der Waals surface area contributed by atoms with E-state index in [0.29, 0.717) is 0 Å². The Bertz CT molecular complexity index is 2600. The number of nitrogens with zero attached hydrogens (tertiary/aromatic N) is 1. The number of nitrogens with one attached hydrogen (secondary N) is 1. The molecule has 8 aromatic carbocycles. The highest BCUT2D eigenvalue weighted by atomic mass is 32.2. The summed E-state index contributed by atoms with van der Waals surface area (Å²) in [6.45, 7) is 0. The number of hydrogen-bond donors (Lipinski definition) is 1. The van der Waals surface area contributed by atoms with E-state index in [-0.39, 0.29) is 5.37 Å². The standard InChI is InChI=1S/C51H38N2S/c1-4-10-35(11-5-1)37-18-26-44(27-19-37)53(45-28-20-38(21-29-45)36-12-6-2-7-13-36)46-30-22-39(23-31-46)42-24-32-47-43(34-42)17-16-40-25-33-48-50(49(40)47)52-51(54-48)41-14-8-3-9-15-41/h1-22,24-30,32-34,51-52H,23,31H2. The summed E-state index contributed by atoms with van der Waals surface area (Å²) in [6.07, 6.45) is 6.58. The predicted molar refractivity (Wildman–Crippen MR) is 231 cm³/mol. The van der Waals surface area contributed by atoms with Crippen LogP contribution in [0.3, 0.4) is 0 Å². The maximum atomic E-state index is 3.87. The largest absolute Gasteiger partial charge is 0.368 e. The van der Waals surface area contributed by atoms with E-state index in [1.54, 1.807) is 0 Å². The van der Waals surface area contributed by atoms with Gasteiger partial charge in [-0.15, -0.1) is 0 Å². The van der Waals surface area contributed by atoms with Gasteiger partial charge in [-0.25, -0.2) is 0 Å². The average Bonchev–Trinajstić information content (AvgIpc) is 3.70. The molecule has 1 aliphatic heterocycles. The zero-order chi connectivity index (χ0) is 35.8. The van der Waals surface area contributed by atoms with E-state index < -0.39 is 0 Å². The van der Waals surface area contributed by atoms with E-state index >= 15 is 0 Å². The molecule has 0 aromatic heterocycles. The van der Waals surface area contributed by atoms with Crippen LogP contribution in [0.25, 0.3) is 49.4 Å². The first-order valence-electron chi connectivity index (χ1n) is 18.7. The smallest absolute Gasteiger partial charge is 0.103 e. The molecule has 2 aliphatic rings. The van der Waals surface area contributed by atoms with Gasteiger partial charge in [0.2, 0.25) is 0 Å². The fourth-order valence-electron chi connectivity index (χ4n) is 8.05. The summed E-state index contributed by atoms with van der Waals surface area (Å²) in [5.74, 6) is 0. The molecule has 258 valence electrons. The van der Waals surface area contributed by atoms with Gasteiger partial charge in [-0.2, -0.15) is 0 Å². The summed E-state index contributed by atoms with van der Waals surface area (Å²) in [6, 6.07) is 66.1. The molecule has 3 heteroatoms. The molecule has 0 fully saturated rings. The minimum absolute atomic E-state index is 0.220. The summed E-state index contributed by atoms with van der Waals surface area (Å²) < 4.78 is 0. The van der Waals surface area contributed by atoms with Gasteiger partial charge in [0.05, 0.1) is 5.69 Å². The first kappa shape index (κ1) is 32.4. The lowest BCUT2D eigenvalue weighted by molar-refractivity contribution is 0.930. The molecule has 8 aromatic rings. The van der Waals surface area contributed by atoms with Crippen LogP contribution in [0.15, 0.2) is 205 Å². The Hall–Kier alpha value is -6.29. The first-order valence-corrected chi connectivity index (χ1v) is 19.6. The molecule has 0 radical (unpaired) electrons. The highest BCUT2D eigenvalue weighted by Gasteiger charge is 2.25. The Morgan fingerprint density at radius 3 is 1.65 bits per heavy atom. The molecule has 1 unspecified atom stereocenters. The van der Waals surface area contributed by atoms with Crippen molar-refractivity contribution in [3.8, 4) is 22.3 Å². The number of allylic oxidation sites excluding steroid dienone is 4. The quantitative estimate of drug-likeness (QED) is 0.166. The molecule has 0 amide bonds. The Kier molecular flexibility index (Phi) is 8.35. The van der Waals surface area contributed by atoms with Crippen molar-refractivity contribution in [3.63, 3.8) is 0 Å². The van der Waals surface area contributed by atoms with Crippen molar-refractivity contribution in [1.82, 2.24) is 0 Å². The molecule has 0 spiro atoms. The van der Waals surface area contributed by atoms with E-state index in [1.807, 2.05) is 11.8 Å². The van der Waals surface area contributed by atoms with Crippen molar-refractivity contribution >= 4 is 55.9 Å². The van der Waals surface area contributed by atoms with Gasteiger partial charge < -0.3 is 10.2 Å². The molecule has 2 nitrogen and oxygen atoms in total. The van der Waals surface area contributed by atoms with Gasteiger partial charge in [0.1, 0.15) is 5.37 Å². The molecule has 10 rings (SSSR count). The molecule has 0 saturated carbocycles. The van der Waals surface area contributed by atoms with Crippen LogP contribution in [0.4, 0.5) is 17.1 Å². The van der Waals surface area contributed by atoms with Gasteiger partial charge in [-0.1, -0.05) is 163 Å².